The van der Waals surface area contributed by atoms with Crippen LogP contribution in [-0.2, 0) is 9.59 Å². The van der Waals surface area contributed by atoms with E-state index in [-0.39, 0.29) is 30.3 Å². The number of carbonyl (C=O) groups excluding carboxylic acids is 2. The number of anilines is 1. The van der Waals surface area contributed by atoms with Crippen LogP contribution in [0.3, 0.4) is 0 Å². The second-order valence-corrected chi connectivity index (χ2v) is 7.47. The van der Waals surface area contributed by atoms with Crippen molar-refractivity contribution in [1.82, 2.24) is 9.88 Å². The Morgan fingerprint density at radius 2 is 2.04 bits per heavy atom. The molecule has 4 rings (SSSR count). The fraction of sp³-hybridized carbons (Fsp3) is 0.316. The third kappa shape index (κ3) is 3.44. The predicted molar refractivity (Wildman–Crippen MR) is 99.8 cm³/mol. The molecule has 1 aromatic carbocycles. The molecule has 1 atom stereocenters. The van der Waals surface area contributed by atoms with E-state index in [1.54, 1.807) is 22.2 Å². The van der Waals surface area contributed by atoms with E-state index in [1.165, 1.54) is 0 Å². The third-order valence-electron chi connectivity index (χ3n) is 4.69. The molecule has 134 valence electrons. The number of hydrogen-bond acceptors (Lipinski definition) is 4. The number of hydrogen-bond donors (Lipinski definition) is 0. The molecule has 2 saturated heterocycles. The van der Waals surface area contributed by atoms with Crippen molar-refractivity contribution in [1.29, 1.82) is 0 Å². The number of halogens is 1. The summed E-state index contributed by atoms with van der Waals surface area (Å²) in [6.45, 7) is 1.53. The minimum atomic E-state index is -0.291. The Morgan fingerprint density at radius 3 is 2.77 bits per heavy atom. The van der Waals surface area contributed by atoms with Gasteiger partial charge in [-0.05, 0) is 30.3 Å². The summed E-state index contributed by atoms with van der Waals surface area (Å²) in [5, 5.41) is 0. The molecule has 0 spiro atoms. The highest BCUT2D eigenvalue weighted by atomic mass is 79.9. The summed E-state index contributed by atoms with van der Waals surface area (Å²) >= 11 is 3.42. The summed E-state index contributed by atoms with van der Waals surface area (Å²) in [5.41, 5.74) is 0.820. The van der Waals surface area contributed by atoms with E-state index in [2.05, 4.69) is 20.9 Å². The summed E-state index contributed by atoms with van der Waals surface area (Å²) in [7, 11) is 0. The molecular weight excluding hydrogens is 398 g/mol. The molecule has 3 heterocycles. The minimum Gasteiger partial charge on any atom is -0.485 e. The van der Waals surface area contributed by atoms with E-state index in [4.69, 9.17) is 4.74 Å². The number of aromatic nitrogens is 1. The Bertz CT molecular complexity index is 824. The standard InChI is InChI=1S/C19H18BrN3O3/c20-14-3-1-4-15(8-14)23-10-13(7-18(23)24)19(25)22-11-17(12-22)26-16-5-2-6-21-9-16/h1-6,8-9,13,17H,7,10-12H2/t13-/m0/s1. The van der Waals surface area contributed by atoms with Gasteiger partial charge in [-0.2, -0.15) is 0 Å². The number of benzene rings is 1. The van der Waals surface area contributed by atoms with Crippen molar-refractivity contribution in [2.75, 3.05) is 24.5 Å². The first-order chi connectivity index (χ1) is 12.6. The van der Waals surface area contributed by atoms with E-state index >= 15 is 0 Å². The monoisotopic (exact) mass is 415 g/mol. The highest BCUT2D eigenvalue weighted by Gasteiger charge is 2.41. The first-order valence-electron chi connectivity index (χ1n) is 8.51. The van der Waals surface area contributed by atoms with E-state index < -0.39 is 0 Å². The van der Waals surface area contributed by atoms with Crippen LogP contribution in [0.4, 0.5) is 5.69 Å². The molecule has 0 aliphatic carbocycles. The van der Waals surface area contributed by atoms with E-state index in [1.807, 2.05) is 36.4 Å². The van der Waals surface area contributed by atoms with Crippen molar-refractivity contribution < 1.29 is 14.3 Å². The summed E-state index contributed by atoms with van der Waals surface area (Å²) in [5.74, 6) is 0.439. The molecule has 0 bridgehead atoms. The Labute approximate surface area is 159 Å². The number of pyridine rings is 1. The Balaban J connectivity index is 1.33. The van der Waals surface area contributed by atoms with Gasteiger partial charge in [0.25, 0.3) is 0 Å². The van der Waals surface area contributed by atoms with Crippen molar-refractivity contribution in [3.63, 3.8) is 0 Å². The van der Waals surface area contributed by atoms with Crippen LogP contribution in [0.15, 0.2) is 53.3 Å². The van der Waals surface area contributed by atoms with Gasteiger partial charge in [-0.15, -0.1) is 0 Å². The molecule has 2 aliphatic heterocycles. The molecular formula is C19H18BrN3O3. The fourth-order valence-corrected chi connectivity index (χ4v) is 3.71. The molecule has 6 nitrogen and oxygen atoms in total. The van der Waals surface area contributed by atoms with Crippen molar-refractivity contribution in [2.45, 2.75) is 12.5 Å². The molecule has 0 unspecified atom stereocenters. The summed E-state index contributed by atoms with van der Waals surface area (Å²) in [6.07, 6.45) is 3.60. The molecule has 0 radical (unpaired) electrons. The number of nitrogens with zero attached hydrogens (tertiary/aromatic N) is 3. The van der Waals surface area contributed by atoms with Crippen LogP contribution in [0.5, 0.6) is 5.75 Å². The Morgan fingerprint density at radius 1 is 1.19 bits per heavy atom. The molecule has 2 aromatic rings. The largest absolute Gasteiger partial charge is 0.485 e. The lowest BCUT2D eigenvalue weighted by Crippen LogP contribution is -2.57. The maximum absolute atomic E-state index is 12.7. The molecule has 2 aliphatic rings. The maximum Gasteiger partial charge on any atom is 0.228 e. The fourth-order valence-electron chi connectivity index (χ4n) is 3.33. The molecule has 26 heavy (non-hydrogen) atoms. The number of carbonyl (C=O) groups is 2. The average molecular weight is 416 g/mol. The highest BCUT2D eigenvalue weighted by molar-refractivity contribution is 9.10. The van der Waals surface area contributed by atoms with Crippen molar-refractivity contribution in [3.05, 3.63) is 53.3 Å². The lowest BCUT2D eigenvalue weighted by atomic mass is 10.0. The quantitative estimate of drug-likeness (QED) is 0.769. The van der Waals surface area contributed by atoms with Crippen LogP contribution in [0.2, 0.25) is 0 Å². The van der Waals surface area contributed by atoms with Gasteiger partial charge in [-0.1, -0.05) is 22.0 Å². The van der Waals surface area contributed by atoms with Gasteiger partial charge in [0.1, 0.15) is 11.9 Å². The van der Waals surface area contributed by atoms with Gasteiger partial charge in [0.05, 0.1) is 25.2 Å². The van der Waals surface area contributed by atoms with Gasteiger partial charge in [0.2, 0.25) is 11.8 Å². The van der Waals surface area contributed by atoms with Crippen LogP contribution in [0, 0.1) is 5.92 Å². The normalized spacial score (nSPS) is 20.2. The molecule has 0 saturated carbocycles. The first kappa shape index (κ1) is 17.0. The number of amides is 2. The van der Waals surface area contributed by atoms with Crippen molar-refractivity contribution in [3.8, 4) is 5.75 Å². The second kappa shape index (κ2) is 7.07. The average Bonchev–Trinajstić information content (AvgIpc) is 3.00. The molecule has 1 aromatic heterocycles. The summed E-state index contributed by atoms with van der Waals surface area (Å²) in [4.78, 5) is 32.5. The molecule has 7 heteroatoms. The van der Waals surface area contributed by atoms with Gasteiger partial charge in [-0.25, -0.2) is 0 Å². The SMILES string of the molecule is O=C([C@H]1CC(=O)N(c2cccc(Br)c2)C1)N1CC(Oc2cccnc2)C1. The Hall–Kier alpha value is -2.41. The summed E-state index contributed by atoms with van der Waals surface area (Å²) in [6, 6.07) is 11.2. The second-order valence-electron chi connectivity index (χ2n) is 6.56. The zero-order valence-electron chi connectivity index (χ0n) is 14.0. The zero-order chi connectivity index (χ0) is 18.1. The van der Waals surface area contributed by atoms with E-state index in [0.717, 1.165) is 10.2 Å². The van der Waals surface area contributed by atoms with Crippen LogP contribution in [0.1, 0.15) is 6.42 Å². The number of likely N-dealkylation sites (tertiary alicyclic amines) is 1. The lowest BCUT2D eigenvalue weighted by molar-refractivity contribution is -0.144. The van der Waals surface area contributed by atoms with Crippen LogP contribution in [-0.4, -0.2) is 47.4 Å². The van der Waals surface area contributed by atoms with Gasteiger partial charge >= 0.3 is 0 Å². The Kier molecular flexibility index (Phi) is 4.63. The predicted octanol–water partition coefficient (Wildman–Crippen LogP) is 2.49. The lowest BCUT2D eigenvalue weighted by Gasteiger charge is -2.40. The number of rotatable bonds is 4. The van der Waals surface area contributed by atoms with Gasteiger partial charge in [0.15, 0.2) is 0 Å². The van der Waals surface area contributed by atoms with Crippen LogP contribution in [0.25, 0.3) is 0 Å². The smallest absolute Gasteiger partial charge is 0.228 e. The molecule has 2 fully saturated rings. The zero-order valence-corrected chi connectivity index (χ0v) is 15.6. The minimum absolute atomic E-state index is 0.00914. The van der Waals surface area contributed by atoms with Gasteiger partial charge in [-0.3, -0.25) is 14.6 Å². The van der Waals surface area contributed by atoms with Crippen LogP contribution < -0.4 is 9.64 Å². The van der Waals surface area contributed by atoms with Crippen molar-refractivity contribution in [2.24, 2.45) is 5.92 Å². The van der Waals surface area contributed by atoms with Gasteiger partial charge < -0.3 is 14.5 Å². The third-order valence-corrected chi connectivity index (χ3v) is 5.18. The first-order valence-corrected chi connectivity index (χ1v) is 9.31. The highest BCUT2D eigenvalue weighted by Crippen LogP contribution is 2.29. The van der Waals surface area contributed by atoms with E-state index in [9.17, 15) is 9.59 Å². The van der Waals surface area contributed by atoms with E-state index in [0.29, 0.717) is 25.4 Å². The summed E-state index contributed by atoms with van der Waals surface area (Å²) < 4.78 is 6.69. The number of ether oxygens (including phenoxy) is 1. The topological polar surface area (TPSA) is 62.7 Å². The van der Waals surface area contributed by atoms with Gasteiger partial charge in [0, 0.05) is 29.3 Å². The van der Waals surface area contributed by atoms with Crippen molar-refractivity contribution >= 4 is 33.4 Å². The van der Waals surface area contributed by atoms with Crippen LogP contribution >= 0.6 is 15.9 Å². The maximum atomic E-state index is 12.7. The molecule has 2 amide bonds. The molecule has 0 N–H and O–H groups in total.